The molecule has 0 aliphatic heterocycles. The molecule has 5 heteroatoms. The van der Waals surface area contributed by atoms with Gasteiger partial charge in [-0.2, -0.15) is 5.10 Å². The molecule has 0 saturated heterocycles. The van der Waals surface area contributed by atoms with E-state index >= 15 is 0 Å². The van der Waals surface area contributed by atoms with Gasteiger partial charge in [-0.3, -0.25) is 4.68 Å². The highest BCUT2D eigenvalue weighted by atomic mass is 16.5. The van der Waals surface area contributed by atoms with E-state index in [-0.39, 0.29) is 12.6 Å². The Balaban J connectivity index is 2.80. The molecule has 0 fully saturated rings. The minimum atomic E-state index is -0.420. The normalized spacial score (nSPS) is 12.5. The summed E-state index contributed by atoms with van der Waals surface area (Å²) in [6, 6.07) is -0.126. The summed E-state index contributed by atoms with van der Waals surface area (Å²) < 4.78 is 6.03. The van der Waals surface area contributed by atoms with Crippen molar-refractivity contribution in [1.29, 1.82) is 0 Å². The van der Waals surface area contributed by atoms with Crippen LogP contribution in [0, 0.1) is 0 Å². The van der Waals surface area contributed by atoms with Gasteiger partial charge in [0.2, 0.25) is 0 Å². The zero-order chi connectivity index (χ0) is 9.84. The monoisotopic (exact) mass is 184 g/mol. The highest BCUT2D eigenvalue weighted by molar-refractivity contribution is 5.88. The lowest BCUT2D eigenvalue weighted by Gasteiger charge is -2.06. The molecule has 1 aromatic heterocycles. The van der Waals surface area contributed by atoms with Gasteiger partial charge < -0.3 is 9.84 Å². The van der Waals surface area contributed by atoms with Crippen LogP contribution < -0.4 is 0 Å². The van der Waals surface area contributed by atoms with Crippen LogP contribution in [-0.2, 0) is 4.74 Å². The number of rotatable bonds is 3. The Morgan fingerprint density at radius 2 is 2.54 bits per heavy atom. The lowest BCUT2D eigenvalue weighted by molar-refractivity contribution is 0.0600. The third-order valence-electron chi connectivity index (χ3n) is 1.74. The molecule has 0 bridgehead atoms. The first-order chi connectivity index (χ1) is 6.19. The Morgan fingerprint density at radius 3 is 3.08 bits per heavy atom. The molecule has 13 heavy (non-hydrogen) atoms. The molecule has 0 amide bonds. The molecule has 1 aromatic rings. The van der Waals surface area contributed by atoms with E-state index in [1.54, 1.807) is 13.1 Å². The maximum absolute atomic E-state index is 11.0. The summed E-state index contributed by atoms with van der Waals surface area (Å²) in [5.41, 5.74) is 0.391. The van der Waals surface area contributed by atoms with Crippen LogP contribution in [0.2, 0.25) is 0 Å². The van der Waals surface area contributed by atoms with Gasteiger partial charge in [0.05, 0.1) is 31.5 Å². The van der Waals surface area contributed by atoms with Gasteiger partial charge in [-0.05, 0) is 6.92 Å². The van der Waals surface area contributed by atoms with Crippen molar-refractivity contribution >= 4 is 5.97 Å². The summed E-state index contributed by atoms with van der Waals surface area (Å²) in [6.45, 7) is 1.79. The number of carbonyl (C=O) groups excluding carboxylic acids is 1. The van der Waals surface area contributed by atoms with Crippen LogP contribution in [0.15, 0.2) is 12.4 Å². The maximum Gasteiger partial charge on any atom is 0.341 e. The van der Waals surface area contributed by atoms with E-state index in [2.05, 4.69) is 9.84 Å². The standard InChI is InChI=1S/C8H12N2O3/c1-6(5-11)10-4-7(3-9-10)8(12)13-2/h3-4,6,11H,5H2,1-2H3. The number of aromatic nitrogens is 2. The largest absolute Gasteiger partial charge is 0.465 e. The van der Waals surface area contributed by atoms with Crippen LogP contribution in [0.25, 0.3) is 0 Å². The van der Waals surface area contributed by atoms with E-state index in [1.807, 2.05) is 0 Å². The Labute approximate surface area is 75.9 Å². The number of esters is 1. The highest BCUT2D eigenvalue weighted by Crippen LogP contribution is 2.06. The van der Waals surface area contributed by atoms with Gasteiger partial charge in [-0.1, -0.05) is 0 Å². The van der Waals surface area contributed by atoms with Crippen LogP contribution in [-0.4, -0.2) is 34.6 Å². The van der Waals surface area contributed by atoms with Crippen molar-refractivity contribution < 1.29 is 14.6 Å². The minimum Gasteiger partial charge on any atom is -0.465 e. The van der Waals surface area contributed by atoms with E-state index in [0.29, 0.717) is 5.56 Å². The topological polar surface area (TPSA) is 64.3 Å². The second kappa shape index (κ2) is 4.04. The van der Waals surface area contributed by atoms with Crippen LogP contribution in [0.5, 0.6) is 0 Å². The molecule has 0 radical (unpaired) electrons. The molecule has 5 nitrogen and oxygen atoms in total. The molecule has 1 unspecified atom stereocenters. The quantitative estimate of drug-likeness (QED) is 0.682. The van der Waals surface area contributed by atoms with E-state index < -0.39 is 5.97 Å². The Bertz CT molecular complexity index is 295. The molecule has 0 aliphatic rings. The lowest BCUT2D eigenvalue weighted by Crippen LogP contribution is -2.09. The first-order valence-electron chi connectivity index (χ1n) is 3.92. The first kappa shape index (κ1) is 9.73. The summed E-state index contributed by atoms with van der Waals surface area (Å²) in [6.07, 6.45) is 2.96. The van der Waals surface area contributed by atoms with Crippen LogP contribution in [0.3, 0.4) is 0 Å². The second-order valence-electron chi connectivity index (χ2n) is 2.73. The Hall–Kier alpha value is -1.36. The summed E-state index contributed by atoms with van der Waals surface area (Å²) in [5.74, 6) is -0.420. The summed E-state index contributed by atoms with van der Waals surface area (Å²) in [7, 11) is 1.31. The lowest BCUT2D eigenvalue weighted by atomic mass is 10.3. The molecule has 1 atom stereocenters. The van der Waals surface area contributed by atoms with Gasteiger partial charge in [0.1, 0.15) is 0 Å². The zero-order valence-electron chi connectivity index (χ0n) is 7.60. The third kappa shape index (κ3) is 2.06. The predicted octanol–water partition coefficient (Wildman–Crippen LogP) is 0.223. The van der Waals surface area contributed by atoms with Crippen molar-refractivity contribution in [2.45, 2.75) is 13.0 Å². The van der Waals surface area contributed by atoms with Gasteiger partial charge in [0, 0.05) is 6.20 Å². The third-order valence-corrected chi connectivity index (χ3v) is 1.74. The van der Waals surface area contributed by atoms with Crippen LogP contribution in [0.1, 0.15) is 23.3 Å². The Morgan fingerprint density at radius 1 is 1.85 bits per heavy atom. The van der Waals surface area contributed by atoms with Crippen molar-refractivity contribution in [3.05, 3.63) is 18.0 Å². The second-order valence-corrected chi connectivity index (χ2v) is 2.73. The number of methoxy groups -OCH3 is 1. The number of aliphatic hydroxyl groups is 1. The van der Waals surface area contributed by atoms with Crippen LogP contribution >= 0.6 is 0 Å². The minimum absolute atomic E-state index is 0.0116. The predicted molar refractivity (Wildman–Crippen MR) is 45.4 cm³/mol. The molecule has 0 spiro atoms. The fourth-order valence-corrected chi connectivity index (χ4v) is 0.886. The van der Waals surface area contributed by atoms with Gasteiger partial charge >= 0.3 is 5.97 Å². The Kier molecular flexibility index (Phi) is 3.02. The molecule has 72 valence electrons. The molecule has 1 rings (SSSR count). The van der Waals surface area contributed by atoms with E-state index in [4.69, 9.17) is 5.11 Å². The molecule has 0 saturated carbocycles. The number of hydrogen-bond acceptors (Lipinski definition) is 4. The number of nitrogens with zero attached hydrogens (tertiary/aromatic N) is 2. The van der Waals surface area contributed by atoms with Gasteiger partial charge in [0.15, 0.2) is 0 Å². The molecule has 0 aliphatic carbocycles. The SMILES string of the molecule is COC(=O)c1cnn(C(C)CO)c1. The molecule has 0 aromatic carbocycles. The summed E-state index contributed by atoms with van der Waals surface area (Å²) >= 11 is 0. The smallest absolute Gasteiger partial charge is 0.341 e. The number of carbonyl (C=O) groups is 1. The van der Waals surface area contributed by atoms with Gasteiger partial charge in [0.25, 0.3) is 0 Å². The molecule has 1 heterocycles. The van der Waals surface area contributed by atoms with Gasteiger partial charge in [-0.25, -0.2) is 4.79 Å². The van der Waals surface area contributed by atoms with E-state index in [0.717, 1.165) is 0 Å². The van der Waals surface area contributed by atoms with Crippen molar-refractivity contribution in [2.75, 3.05) is 13.7 Å². The average molecular weight is 184 g/mol. The van der Waals surface area contributed by atoms with Crippen molar-refractivity contribution in [1.82, 2.24) is 9.78 Å². The number of ether oxygens (including phenoxy) is 1. The number of aliphatic hydroxyl groups excluding tert-OH is 1. The first-order valence-corrected chi connectivity index (χ1v) is 3.92. The van der Waals surface area contributed by atoms with Crippen LogP contribution in [0.4, 0.5) is 0 Å². The van der Waals surface area contributed by atoms with Crippen molar-refractivity contribution in [2.24, 2.45) is 0 Å². The fraction of sp³-hybridized carbons (Fsp3) is 0.500. The fourth-order valence-electron chi connectivity index (χ4n) is 0.886. The highest BCUT2D eigenvalue weighted by Gasteiger charge is 2.10. The molecular formula is C8H12N2O3. The zero-order valence-corrected chi connectivity index (χ0v) is 7.60. The maximum atomic E-state index is 11.0. The summed E-state index contributed by atoms with van der Waals surface area (Å²) in [5, 5.41) is 12.7. The average Bonchev–Trinajstić information content (AvgIpc) is 2.64. The molecular weight excluding hydrogens is 172 g/mol. The summed E-state index contributed by atoms with van der Waals surface area (Å²) in [4.78, 5) is 11.0. The van der Waals surface area contributed by atoms with E-state index in [9.17, 15) is 4.79 Å². The van der Waals surface area contributed by atoms with Gasteiger partial charge in [-0.15, -0.1) is 0 Å². The van der Waals surface area contributed by atoms with E-state index in [1.165, 1.54) is 18.0 Å². The van der Waals surface area contributed by atoms with Crippen molar-refractivity contribution in [3.8, 4) is 0 Å². The molecule has 1 N–H and O–H groups in total. The van der Waals surface area contributed by atoms with Crippen molar-refractivity contribution in [3.63, 3.8) is 0 Å². The number of hydrogen-bond donors (Lipinski definition) is 1.